The average molecular weight is 276 g/mol. The third-order valence-corrected chi connectivity index (χ3v) is 6.51. The molecule has 0 heterocycles. The van der Waals surface area contributed by atoms with Crippen molar-refractivity contribution in [2.24, 2.45) is 35.5 Å². The maximum absolute atomic E-state index is 11.0. The van der Waals surface area contributed by atoms with Crippen molar-refractivity contribution in [3.8, 4) is 0 Å². The van der Waals surface area contributed by atoms with Gasteiger partial charge in [0.05, 0.1) is 12.7 Å². The fourth-order valence-corrected chi connectivity index (χ4v) is 5.74. The van der Waals surface area contributed by atoms with E-state index in [4.69, 9.17) is 9.47 Å². The van der Waals surface area contributed by atoms with Crippen LogP contribution in [0.4, 0.5) is 0 Å². The second-order valence-electron chi connectivity index (χ2n) is 7.10. The van der Waals surface area contributed by atoms with Gasteiger partial charge >= 0.3 is 5.97 Å². The van der Waals surface area contributed by atoms with Crippen LogP contribution in [0.15, 0.2) is 12.7 Å². The van der Waals surface area contributed by atoms with E-state index in [0.717, 1.165) is 35.5 Å². The average Bonchev–Trinajstić information content (AvgIpc) is 2.43. The van der Waals surface area contributed by atoms with Crippen molar-refractivity contribution in [2.45, 2.75) is 38.2 Å². The number of carbonyl (C=O) groups is 1. The van der Waals surface area contributed by atoms with Gasteiger partial charge in [0, 0.05) is 6.08 Å². The van der Waals surface area contributed by atoms with Gasteiger partial charge in [0.25, 0.3) is 0 Å². The molecule has 3 heteroatoms. The van der Waals surface area contributed by atoms with Crippen LogP contribution in [-0.2, 0) is 14.3 Å². The van der Waals surface area contributed by atoms with Gasteiger partial charge in [-0.2, -0.15) is 0 Å². The Bertz CT molecular complexity index is 418. The molecule has 5 fully saturated rings. The first-order chi connectivity index (χ1) is 9.79. The Labute approximate surface area is 120 Å². The Morgan fingerprint density at radius 2 is 1.95 bits per heavy atom. The second kappa shape index (κ2) is 4.87. The predicted octanol–water partition coefficient (Wildman–Crippen LogP) is 2.80. The number of hydrogen-bond acceptors (Lipinski definition) is 3. The highest BCUT2D eigenvalue weighted by molar-refractivity contribution is 5.81. The van der Waals surface area contributed by atoms with Crippen LogP contribution >= 0.6 is 0 Å². The zero-order valence-corrected chi connectivity index (χ0v) is 12.0. The van der Waals surface area contributed by atoms with E-state index in [2.05, 4.69) is 6.58 Å². The lowest BCUT2D eigenvalue weighted by Gasteiger charge is -2.69. The monoisotopic (exact) mass is 276 g/mol. The summed E-state index contributed by atoms with van der Waals surface area (Å²) in [5, 5.41) is 0. The van der Waals surface area contributed by atoms with Crippen LogP contribution < -0.4 is 0 Å². The van der Waals surface area contributed by atoms with Gasteiger partial charge in [-0.15, -0.1) is 0 Å². The molecule has 0 aromatic rings. The van der Waals surface area contributed by atoms with Gasteiger partial charge in [-0.25, -0.2) is 4.79 Å². The van der Waals surface area contributed by atoms with E-state index in [1.54, 1.807) is 0 Å². The molecule has 20 heavy (non-hydrogen) atoms. The Balaban J connectivity index is 1.31. The fraction of sp³-hybridized carbons (Fsp3) is 0.824. The summed E-state index contributed by atoms with van der Waals surface area (Å²) in [6, 6.07) is 0. The summed E-state index contributed by atoms with van der Waals surface area (Å²) >= 11 is 0. The molecule has 0 radical (unpaired) electrons. The summed E-state index contributed by atoms with van der Waals surface area (Å²) in [6.07, 6.45) is 8.88. The molecule has 2 bridgehead atoms. The number of ether oxygens (including phenoxy) is 2. The maximum atomic E-state index is 11.0. The van der Waals surface area contributed by atoms with E-state index in [-0.39, 0.29) is 5.97 Å². The van der Waals surface area contributed by atoms with E-state index in [1.165, 1.54) is 38.2 Å². The SMILES string of the molecule is C=CC(=O)OCCOC1C2CC1C1CC3CCCC2C31. The fourth-order valence-electron chi connectivity index (χ4n) is 5.74. The first-order valence-corrected chi connectivity index (χ1v) is 8.20. The van der Waals surface area contributed by atoms with Crippen molar-refractivity contribution < 1.29 is 14.3 Å². The lowest BCUT2D eigenvalue weighted by molar-refractivity contribution is -0.251. The van der Waals surface area contributed by atoms with Crippen LogP contribution in [0.2, 0.25) is 0 Å². The zero-order chi connectivity index (χ0) is 13.7. The minimum absolute atomic E-state index is 0.350. The van der Waals surface area contributed by atoms with Gasteiger partial charge in [-0.05, 0) is 54.8 Å². The molecule has 7 unspecified atom stereocenters. The topological polar surface area (TPSA) is 35.5 Å². The first-order valence-electron chi connectivity index (χ1n) is 8.20. The van der Waals surface area contributed by atoms with Gasteiger partial charge < -0.3 is 9.47 Å². The lowest BCUT2D eigenvalue weighted by atomic mass is 9.38. The molecule has 0 N–H and O–H groups in total. The second-order valence-corrected chi connectivity index (χ2v) is 7.10. The van der Waals surface area contributed by atoms with Crippen molar-refractivity contribution in [3.63, 3.8) is 0 Å². The van der Waals surface area contributed by atoms with Crippen LogP contribution in [0.5, 0.6) is 0 Å². The Kier molecular flexibility index (Phi) is 3.13. The van der Waals surface area contributed by atoms with Gasteiger partial charge in [0.2, 0.25) is 0 Å². The van der Waals surface area contributed by atoms with E-state index >= 15 is 0 Å². The van der Waals surface area contributed by atoms with Crippen molar-refractivity contribution in [3.05, 3.63) is 12.7 Å². The number of rotatable bonds is 5. The molecule has 5 aliphatic carbocycles. The summed E-state index contributed by atoms with van der Waals surface area (Å²) in [7, 11) is 0. The third-order valence-electron chi connectivity index (χ3n) is 6.51. The summed E-state index contributed by atoms with van der Waals surface area (Å²) in [6.45, 7) is 4.30. The molecule has 3 nitrogen and oxygen atoms in total. The summed E-state index contributed by atoms with van der Waals surface area (Å²) in [5.41, 5.74) is 0. The minimum Gasteiger partial charge on any atom is -0.460 e. The molecule has 5 aliphatic rings. The summed E-state index contributed by atoms with van der Waals surface area (Å²) in [4.78, 5) is 11.0. The molecule has 7 atom stereocenters. The maximum Gasteiger partial charge on any atom is 0.330 e. The van der Waals surface area contributed by atoms with Crippen molar-refractivity contribution in [1.82, 2.24) is 0 Å². The Morgan fingerprint density at radius 1 is 1.10 bits per heavy atom. The smallest absolute Gasteiger partial charge is 0.330 e. The third kappa shape index (κ3) is 1.78. The number of carbonyl (C=O) groups excluding carboxylic acids is 1. The molecule has 0 amide bonds. The minimum atomic E-state index is -0.350. The van der Waals surface area contributed by atoms with Gasteiger partial charge in [-0.1, -0.05) is 19.4 Å². The Hall–Kier alpha value is -0.830. The predicted molar refractivity (Wildman–Crippen MR) is 74.9 cm³/mol. The van der Waals surface area contributed by atoms with Gasteiger partial charge in [0.15, 0.2) is 0 Å². The summed E-state index contributed by atoms with van der Waals surface area (Å²) < 4.78 is 11.1. The van der Waals surface area contributed by atoms with Crippen LogP contribution in [0.1, 0.15) is 32.1 Å². The van der Waals surface area contributed by atoms with E-state index in [9.17, 15) is 4.79 Å². The van der Waals surface area contributed by atoms with E-state index in [0.29, 0.717) is 19.3 Å². The first kappa shape index (κ1) is 12.9. The summed E-state index contributed by atoms with van der Waals surface area (Å²) in [5.74, 6) is 5.26. The molecule has 110 valence electrons. The van der Waals surface area contributed by atoms with Crippen LogP contribution in [0.3, 0.4) is 0 Å². The quantitative estimate of drug-likeness (QED) is 0.440. The molecular weight excluding hydrogens is 252 g/mol. The molecule has 0 saturated heterocycles. The highest BCUT2D eigenvalue weighted by Gasteiger charge is 2.64. The largest absolute Gasteiger partial charge is 0.460 e. The van der Waals surface area contributed by atoms with Crippen molar-refractivity contribution >= 4 is 5.97 Å². The molecule has 5 rings (SSSR count). The molecule has 0 aromatic heterocycles. The van der Waals surface area contributed by atoms with E-state index < -0.39 is 0 Å². The molecule has 5 saturated carbocycles. The number of esters is 1. The van der Waals surface area contributed by atoms with Gasteiger partial charge in [0.1, 0.15) is 6.61 Å². The normalized spacial score (nSPS) is 47.5. The van der Waals surface area contributed by atoms with E-state index in [1.807, 2.05) is 0 Å². The van der Waals surface area contributed by atoms with Crippen molar-refractivity contribution in [2.75, 3.05) is 13.2 Å². The Morgan fingerprint density at radius 3 is 2.80 bits per heavy atom. The molecule has 0 aliphatic heterocycles. The van der Waals surface area contributed by atoms with Crippen molar-refractivity contribution in [1.29, 1.82) is 0 Å². The molecule has 0 aromatic carbocycles. The highest BCUT2D eigenvalue weighted by Crippen LogP contribution is 2.68. The highest BCUT2D eigenvalue weighted by atomic mass is 16.6. The van der Waals surface area contributed by atoms with Crippen LogP contribution in [0.25, 0.3) is 0 Å². The standard InChI is InChI=1S/C17H24O3/c1-2-15(18)19-6-7-20-17-13-9-14(17)12-8-10-4-3-5-11(13)16(10)12/h2,10-14,16-17H,1,3-9H2. The lowest BCUT2D eigenvalue weighted by Crippen LogP contribution is -2.66. The van der Waals surface area contributed by atoms with Gasteiger partial charge in [-0.3, -0.25) is 0 Å². The molecular formula is C17H24O3. The molecule has 0 spiro atoms. The number of hydrogen-bond donors (Lipinski definition) is 0. The van der Waals surface area contributed by atoms with Crippen LogP contribution in [-0.4, -0.2) is 25.3 Å². The zero-order valence-electron chi connectivity index (χ0n) is 12.0. The van der Waals surface area contributed by atoms with Crippen LogP contribution in [0, 0.1) is 35.5 Å².